The first kappa shape index (κ1) is 20.8. The molecule has 2 aliphatic heterocycles. The fourth-order valence-corrected chi connectivity index (χ4v) is 8.38. The van der Waals surface area contributed by atoms with Gasteiger partial charge in [0.2, 0.25) is 0 Å². The second-order valence-electron chi connectivity index (χ2n) is 12.0. The van der Waals surface area contributed by atoms with Gasteiger partial charge < -0.3 is 29.9 Å². The number of allylic oxidation sites excluding steroid dienone is 3. The molecule has 6 unspecified atom stereocenters. The van der Waals surface area contributed by atoms with Crippen LogP contribution in [0.5, 0.6) is 0 Å². The molecule has 172 valence electrons. The van der Waals surface area contributed by atoms with E-state index in [9.17, 15) is 20.4 Å². The Hall–Kier alpha value is -0.760. The SMILES string of the molecule is CC(C)C1=C2[C@@H]3CC=C4C(O)C5(O)COC6OC([C@H]4C6(O)C5O)[C@@]3(C)CC[C@]2(C)CC1. The average Bonchev–Trinajstić information content (AvgIpc) is 3.20. The monoisotopic (exact) mass is 432 g/mol. The van der Waals surface area contributed by atoms with Crippen LogP contribution < -0.4 is 0 Å². The third-order valence-corrected chi connectivity index (χ3v) is 10.2. The lowest BCUT2D eigenvalue weighted by atomic mass is 9.51. The fraction of sp³-hybridized carbons (Fsp3) is 0.840. The van der Waals surface area contributed by atoms with Crippen molar-refractivity contribution in [1.29, 1.82) is 0 Å². The number of ether oxygens (including phenoxy) is 2. The van der Waals surface area contributed by atoms with E-state index in [1.807, 2.05) is 6.08 Å². The molecule has 0 aromatic rings. The van der Waals surface area contributed by atoms with Gasteiger partial charge in [-0.15, -0.1) is 0 Å². The predicted octanol–water partition coefficient (Wildman–Crippen LogP) is 2.05. The molecular weight excluding hydrogens is 396 g/mol. The first-order valence-corrected chi connectivity index (χ1v) is 12.0. The van der Waals surface area contributed by atoms with E-state index in [0.29, 0.717) is 11.5 Å². The Bertz CT molecular complexity index is 894. The van der Waals surface area contributed by atoms with Gasteiger partial charge in [-0.3, -0.25) is 0 Å². The first-order chi connectivity index (χ1) is 14.5. The Balaban J connectivity index is 1.55. The average molecular weight is 433 g/mol. The molecule has 31 heavy (non-hydrogen) atoms. The quantitative estimate of drug-likeness (QED) is 0.474. The third kappa shape index (κ3) is 2.20. The lowest BCUT2D eigenvalue weighted by Crippen LogP contribution is -2.77. The molecule has 0 amide bonds. The maximum absolute atomic E-state index is 11.7. The van der Waals surface area contributed by atoms with Crippen molar-refractivity contribution in [2.24, 2.45) is 28.6 Å². The first-order valence-electron chi connectivity index (χ1n) is 12.0. The maximum atomic E-state index is 11.7. The van der Waals surface area contributed by atoms with Crippen molar-refractivity contribution < 1.29 is 29.9 Å². The van der Waals surface area contributed by atoms with Crippen LogP contribution in [0.2, 0.25) is 0 Å². The van der Waals surface area contributed by atoms with Gasteiger partial charge in [-0.2, -0.15) is 0 Å². The van der Waals surface area contributed by atoms with E-state index < -0.39 is 35.6 Å². The van der Waals surface area contributed by atoms with Gasteiger partial charge in [-0.1, -0.05) is 44.9 Å². The number of hydrogen-bond donors (Lipinski definition) is 4. The zero-order valence-electron chi connectivity index (χ0n) is 19.0. The number of rotatable bonds is 1. The summed E-state index contributed by atoms with van der Waals surface area (Å²) in [5.74, 6) is 0.146. The van der Waals surface area contributed by atoms with Gasteiger partial charge in [-0.25, -0.2) is 0 Å². The number of aliphatic hydroxyl groups excluding tert-OH is 2. The van der Waals surface area contributed by atoms with Crippen LogP contribution in [0.25, 0.3) is 0 Å². The van der Waals surface area contributed by atoms with Crippen molar-refractivity contribution in [2.45, 2.75) is 95.6 Å². The van der Waals surface area contributed by atoms with Crippen molar-refractivity contribution in [3.63, 3.8) is 0 Å². The number of aliphatic hydroxyl groups is 4. The van der Waals surface area contributed by atoms with Gasteiger partial charge in [0, 0.05) is 11.3 Å². The highest BCUT2D eigenvalue weighted by Crippen LogP contribution is 2.68. The summed E-state index contributed by atoms with van der Waals surface area (Å²) < 4.78 is 12.2. The van der Waals surface area contributed by atoms with Crippen LogP contribution in [0, 0.1) is 28.6 Å². The standard InChI is InChI=1S/C25H36O6/c1-12(2)13-7-8-22(3)9-10-23(4)15(16(13)22)6-5-14-17-19(23)31-21-25(17,29)20(27)24(28,11-30-21)18(14)26/h5,12,15,17-21,26-29H,6-11H2,1-4H3/t15-,17-,18?,19?,20?,21?,22-,23-,24?,25?/m0/s1. The van der Waals surface area contributed by atoms with Gasteiger partial charge >= 0.3 is 0 Å². The molecule has 10 atom stereocenters. The largest absolute Gasteiger partial charge is 0.387 e. The van der Waals surface area contributed by atoms with E-state index in [4.69, 9.17) is 9.47 Å². The zero-order chi connectivity index (χ0) is 22.1. The van der Waals surface area contributed by atoms with Crippen LogP contribution >= 0.6 is 0 Å². The molecule has 0 aromatic carbocycles. The molecule has 6 aliphatic rings. The van der Waals surface area contributed by atoms with Crippen LogP contribution in [-0.2, 0) is 9.47 Å². The molecule has 0 spiro atoms. The minimum Gasteiger partial charge on any atom is -0.387 e. The minimum absolute atomic E-state index is 0.193. The van der Waals surface area contributed by atoms with E-state index in [1.54, 1.807) is 11.1 Å². The molecule has 2 saturated heterocycles. The lowest BCUT2D eigenvalue weighted by molar-refractivity contribution is -0.341. The molecule has 4 aliphatic carbocycles. The fourth-order valence-electron chi connectivity index (χ4n) is 8.38. The Morgan fingerprint density at radius 3 is 2.55 bits per heavy atom. The highest BCUT2D eigenvalue weighted by Gasteiger charge is 2.77. The van der Waals surface area contributed by atoms with Crippen molar-refractivity contribution in [2.75, 3.05) is 6.61 Å². The van der Waals surface area contributed by atoms with Crippen LogP contribution in [0.1, 0.15) is 59.8 Å². The van der Waals surface area contributed by atoms with Gasteiger partial charge in [0.25, 0.3) is 0 Å². The summed E-state index contributed by atoms with van der Waals surface area (Å²) in [5, 5.41) is 45.1. The van der Waals surface area contributed by atoms with Crippen LogP contribution in [0.4, 0.5) is 0 Å². The van der Waals surface area contributed by atoms with E-state index in [-0.39, 0.29) is 29.5 Å². The summed E-state index contributed by atoms with van der Waals surface area (Å²) in [7, 11) is 0. The van der Waals surface area contributed by atoms with E-state index in [1.165, 1.54) is 6.42 Å². The molecular formula is C25H36O6. The normalized spacial score (nSPS) is 57.5. The highest BCUT2D eigenvalue weighted by molar-refractivity contribution is 5.42. The van der Waals surface area contributed by atoms with E-state index >= 15 is 0 Å². The summed E-state index contributed by atoms with van der Waals surface area (Å²) >= 11 is 0. The number of hydrogen-bond acceptors (Lipinski definition) is 6. The van der Waals surface area contributed by atoms with Crippen molar-refractivity contribution >= 4 is 0 Å². The summed E-state index contributed by atoms with van der Waals surface area (Å²) in [6, 6.07) is 0. The summed E-state index contributed by atoms with van der Waals surface area (Å²) in [6.45, 7) is 8.97. The molecule has 6 nitrogen and oxygen atoms in total. The van der Waals surface area contributed by atoms with Crippen molar-refractivity contribution in [3.8, 4) is 0 Å². The second kappa shape index (κ2) is 6.02. The molecule has 2 heterocycles. The molecule has 2 bridgehead atoms. The molecule has 6 heteroatoms. The topological polar surface area (TPSA) is 99.4 Å². The van der Waals surface area contributed by atoms with E-state index in [2.05, 4.69) is 27.7 Å². The summed E-state index contributed by atoms with van der Waals surface area (Å²) in [4.78, 5) is 0. The Kier molecular flexibility index (Phi) is 4.04. The maximum Gasteiger partial charge on any atom is 0.190 e. The zero-order valence-corrected chi connectivity index (χ0v) is 19.0. The molecule has 4 N–H and O–H groups in total. The summed E-state index contributed by atoms with van der Waals surface area (Å²) in [6.07, 6.45) is 2.97. The molecule has 2 saturated carbocycles. The Labute approximate surface area is 183 Å². The van der Waals surface area contributed by atoms with Crippen molar-refractivity contribution in [3.05, 3.63) is 22.8 Å². The molecule has 0 radical (unpaired) electrons. The van der Waals surface area contributed by atoms with Gasteiger partial charge in [0.05, 0.1) is 12.7 Å². The molecule has 0 aromatic heterocycles. The highest BCUT2D eigenvalue weighted by atomic mass is 16.7. The third-order valence-electron chi connectivity index (χ3n) is 10.2. The molecule has 4 fully saturated rings. The smallest absolute Gasteiger partial charge is 0.190 e. The van der Waals surface area contributed by atoms with Gasteiger partial charge in [0.1, 0.15) is 17.8 Å². The minimum atomic E-state index is -1.92. The van der Waals surface area contributed by atoms with E-state index in [0.717, 1.165) is 25.7 Å². The van der Waals surface area contributed by atoms with Crippen LogP contribution in [0.3, 0.4) is 0 Å². The number of fused-ring (bicyclic) bond motifs is 5. The lowest BCUT2D eigenvalue weighted by Gasteiger charge is -2.56. The van der Waals surface area contributed by atoms with Gasteiger partial charge in [0.15, 0.2) is 11.9 Å². The Morgan fingerprint density at radius 2 is 1.84 bits per heavy atom. The Morgan fingerprint density at radius 1 is 1.10 bits per heavy atom. The van der Waals surface area contributed by atoms with Crippen LogP contribution in [0.15, 0.2) is 22.8 Å². The summed E-state index contributed by atoms with van der Waals surface area (Å²) in [5.41, 5.74) is -0.00377. The van der Waals surface area contributed by atoms with Crippen molar-refractivity contribution in [1.82, 2.24) is 0 Å². The second-order valence-corrected chi connectivity index (χ2v) is 12.0. The molecule has 6 rings (SSSR count). The predicted molar refractivity (Wildman–Crippen MR) is 113 cm³/mol. The van der Waals surface area contributed by atoms with Crippen LogP contribution in [-0.4, -0.2) is 62.8 Å². The van der Waals surface area contributed by atoms with Gasteiger partial charge in [-0.05, 0) is 54.9 Å².